The van der Waals surface area contributed by atoms with E-state index in [1.165, 1.54) is 11.3 Å². The molecule has 0 atom stereocenters. The number of hydrogen-bond donors (Lipinski definition) is 2. The van der Waals surface area contributed by atoms with Crippen molar-refractivity contribution in [2.75, 3.05) is 12.8 Å². The van der Waals surface area contributed by atoms with Gasteiger partial charge in [0.2, 0.25) is 0 Å². The zero-order valence-corrected chi connectivity index (χ0v) is 12.1. The Morgan fingerprint density at radius 1 is 1.24 bits per heavy atom. The Morgan fingerprint density at radius 3 is 2.57 bits per heavy atom. The first-order chi connectivity index (χ1) is 10.1. The quantitative estimate of drug-likeness (QED) is 0.777. The number of carbonyl (C=O) groups excluding carboxylic acids is 1. The van der Waals surface area contributed by atoms with Crippen LogP contribution >= 0.6 is 11.3 Å². The van der Waals surface area contributed by atoms with Gasteiger partial charge in [0.1, 0.15) is 10.6 Å². The number of primary amides is 1. The van der Waals surface area contributed by atoms with Crippen LogP contribution in [0.2, 0.25) is 0 Å². The predicted octanol–water partition coefficient (Wildman–Crippen LogP) is 2.65. The molecule has 0 spiro atoms. The molecule has 4 N–H and O–H groups in total. The standard InChI is InChI=1S/C15H13N3O2S/c1-20-9-4-2-8(3-5-9)10-6-18-7-11-12(10)13(16)14(21-11)15(17)19/h2-7H,16H2,1H3,(H2,17,19). The van der Waals surface area contributed by atoms with Gasteiger partial charge in [0, 0.05) is 23.3 Å². The van der Waals surface area contributed by atoms with Crippen LogP contribution in [0.1, 0.15) is 9.67 Å². The van der Waals surface area contributed by atoms with Gasteiger partial charge in [-0.15, -0.1) is 11.3 Å². The molecule has 0 aliphatic carbocycles. The van der Waals surface area contributed by atoms with Gasteiger partial charge >= 0.3 is 0 Å². The predicted molar refractivity (Wildman–Crippen MR) is 84.5 cm³/mol. The molecule has 0 aliphatic rings. The van der Waals surface area contributed by atoms with Gasteiger partial charge in [0.15, 0.2) is 0 Å². The smallest absolute Gasteiger partial charge is 0.260 e. The van der Waals surface area contributed by atoms with Gasteiger partial charge in [-0.3, -0.25) is 9.78 Å². The Bertz CT molecular complexity index is 825. The highest BCUT2D eigenvalue weighted by atomic mass is 32.1. The number of fused-ring (bicyclic) bond motifs is 1. The average molecular weight is 299 g/mol. The SMILES string of the molecule is COc1ccc(-c2cncc3sc(C(N)=O)c(N)c23)cc1. The van der Waals surface area contributed by atoms with Crippen molar-refractivity contribution in [3.05, 3.63) is 41.5 Å². The number of anilines is 1. The molecule has 106 valence electrons. The van der Waals surface area contributed by atoms with Crippen molar-refractivity contribution in [1.82, 2.24) is 4.98 Å². The lowest BCUT2D eigenvalue weighted by atomic mass is 10.0. The summed E-state index contributed by atoms with van der Waals surface area (Å²) in [6.45, 7) is 0. The number of nitrogens with zero attached hydrogens (tertiary/aromatic N) is 1. The zero-order chi connectivity index (χ0) is 15.0. The number of nitrogen functional groups attached to an aromatic ring is 1. The second-order valence-corrected chi connectivity index (χ2v) is 5.55. The van der Waals surface area contributed by atoms with Crippen LogP contribution in [0.25, 0.3) is 21.2 Å². The lowest BCUT2D eigenvalue weighted by Gasteiger charge is -2.06. The molecule has 6 heteroatoms. The molecular weight excluding hydrogens is 286 g/mol. The molecule has 3 aromatic rings. The third-order valence-electron chi connectivity index (χ3n) is 3.26. The normalized spacial score (nSPS) is 10.7. The topological polar surface area (TPSA) is 91.2 Å². The first-order valence-electron chi connectivity index (χ1n) is 6.22. The van der Waals surface area contributed by atoms with E-state index in [2.05, 4.69) is 4.98 Å². The highest BCUT2D eigenvalue weighted by Gasteiger charge is 2.17. The maximum Gasteiger partial charge on any atom is 0.260 e. The number of benzene rings is 1. The summed E-state index contributed by atoms with van der Waals surface area (Å²) in [5.41, 5.74) is 13.7. The van der Waals surface area contributed by atoms with Crippen molar-refractivity contribution in [2.45, 2.75) is 0 Å². The molecule has 2 aromatic heterocycles. The molecule has 2 heterocycles. The maximum absolute atomic E-state index is 11.4. The van der Waals surface area contributed by atoms with Crippen molar-refractivity contribution >= 4 is 33.0 Å². The molecule has 3 rings (SSSR count). The first kappa shape index (κ1) is 13.4. The van der Waals surface area contributed by atoms with E-state index in [1.807, 2.05) is 24.3 Å². The van der Waals surface area contributed by atoms with E-state index in [1.54, 1.807) is 19.5 Å². The molecule has 0 fully saturated rings. The summed E-state index contributed by atoms with van der Waals surface area (Å²) >= 11 is 1.26. The van der Waals surface area contributed by atoms with Crippen molar-refractivity contribution in [1.29, 1.82) is 0 Å². The number of amides is 1. The fourth-order valence-electron chi connectivity index (χ4n) is 2.25. The molecule has 1 amide bonds. The van der Waals surface area contributed by atoms with Crippen LogP contribution in [0.4, 0.5) is 5.69 Å². The number of rotatable bonds is 3. The summed E-state index contributed by atoms with van der Waals surface area (Å²) in [6, 6.07) is 7.59. The van der Waals surface area contributed by atoms with E-state index in [9.17, 15) is 4.79 Å². The van der Waals surface area contributed by atoms with E-state index in [0.29, 0.717) is 10.6 Å². The fourth-order valence-corrected chi connectivity index (χ4v) is 3.22. The maximum atomic E-state index is 11.4. The minimum atomic E-state index is -0.519. The Hall–Kier alpha value is -2.60. The summed E-state index contributed by atoms with van der Waals surface area (Å²) in [4.78, 5) is 16.0. The molecule has 0 radical (unpaired) electrons. The highest BCUT2D eigenvalue weighted by molar-refractivity contribution is 7.21. The van der Waals surface area contributed by atoms with Crippen LogP contribution in [0, 0.1) is 0 Å². The number of ether oxygens (including phenoxy) is 1. The van der Waals surface area contributed by atoms with Gasteiger partial charge in [0.25, 0.3) is 5.91 Å². The molecule has 1 aromatic carbocycles. The number of nitrogens with two attached hydrogens (primary N) is 2. The number of methoxy groups -OCH3 is 1. The molecule has 0 bridgehead atoms. The second-order valence-electron chi connectivity index (χ2n) is 4.50. The van der Waals surface area contributed by atoms with Crippen LogP contribution < -0.4 is 16.2 Å². The van der Waals surface area contributed by atoms with Crippen molar-refractivity contribution in [2.24, 2.45) is 5.73 Å². The number of pyridine rings is 1. The van der Waals surface area contributed by atoms with Crippen LogP contribution in [-0.2, 0) is 0 Å². The second kappa shape index (κ2) is 5.06. The van der Waals surface area contributed by atoms with Gasteiger partial charge in [-0.2, -0.15) is 0 Å². The van der Waals surface area contributed by atoms with Gasteiger partial charge in [-0.05, 0) is 17.7 Å². The van der Waals surface area contributed by atoms with E-state index in [4.69, 9.17) is 16.2 Å². The third kappa shape index (κ3) is 2.19. The minimum Gasteiger partial charge on any atom is -0.497 e. The Labute approximate surface area is 125 Å². The van der Waals surface area contributed by atoms with E-state index < -0.39 is 5.91 Å². The van der Waals surface area contributed by atoms with Gasteiger partial charge in [-0.25, -0.2) is 0 Å². The van der Waals surface area contributed by atoms with Crippen LogP contribution in [0.3, 0.4) is 0 Å². The number of carbonyl (C=O) groups is 1. The monoisotopic (exact) mass is 299 g/mol. The van der Waals surface area contributed by atoms with Crippen molar-refractivity contribution in [3.63, 3.8) is 0 Å². The molecule has 0 unspecified atom stereocenters. The molecule has 0 saturated carbocycles. The molecule has 5 nitrogen and oxygen atoms in total. The Kier molecular flexibility index (Phi) is 3.23. The van der Waals surface area contributed by atoms with Gasteiger partial charge in [0.05, 0.1) is 17.5 Å². The number of thiophene rings is 1. The molecule has 0 saturated heterocycles. The van der Waals surface area contributed by atoms with Crippen molar-refractivity contribution < 1.29 is 9.53 Å². The van der Waals surface area contributed by atoms with Gasteiger partial charge < -0.3 is 16.2 Å². The summed E-state index contributed by atoms with van der Waals surface area (Å²) in [7, 11) is 1.62. The van der Waals surface area contributed by atoms with E-state index in [-0.39, 0.29) is 0 Å². The first-order valence-corrected chi connectivity index (χ1v) is 7.03. The van der Waals surface area contributed by atoms with Crippen LogP contribution in [0.5, 0.6) is 5.75 Å². The third-order valence-corrected chi connectivity index (χ3v) is 4.42. The molecular formula is C15H13N3O2S. The number of aromatic nitrogens is 1. The summed E-state index contributed by atoms with van der Waals surface area (Å²) in [5.74, 6) is 0.254. The van der Waals surface area contributed by atoms with E-state index in [0.717, 1.165) is 27.0 Å². The van der Waals surface area contributed by atoms with Crippen LogP contribution in [0.15, 0.2) is 36.7 Å². The van der Waals surface area contributed by atoms with E-state index >= 15 is 0 Å². The lowest BCUT2D eigenvalue weighted by molar-refractivity contribution is 0.100. The summed E-state index contributed by atoms with van der Waals surface area (Å²) in [5, 5.41) is 0.814. The summed E-state index contributed by atoms with van der Waals surface area (Å²) in [6.07, 6.45) is 3.42. The van der Waals surface area contributed by atoms with Gasteiger partial charge in [-0.1, -0.05) is 12.1 Å². The van der Waals surface area contributed by atoms with Crippen molar-refractivity contribution in [3.8, 4) is 16.9 Å². The minimum absolute atomic E-state index is 0.368. The molecule has 0 aliphatic heterocycles. The van der Waals surface area contributed by atoms with Crippen LogP contribution in [-0.4, -0.2) is 18.0 Å². The average Bonchev–Trinajstić information content (AvgIpc) is 2.85. The fraction of sp³-hybridized carbons (Fsp3) is 0.0667. The molecule has 21 heavy (non-hydrogen) atoms. The largest absolute Gasteiger partial charge is 0.497 e. The number of hydrogen-bond acceptors (Lipinski definition) is 5. The lowest BCUT2D eigenvalue weighted by Crippen LogP contribution is -2.10. The summed E-state index contributed by atoms with van der Waals surface area (Å²) < 4.78 is 5.99. The zero-order valence-electron chi connectivity index (χ0n) is 11.3. The Morgan fingerprint density at radius 2 is 1.95 bits per heavy atom. The highest BCUT2D eigenvalue weighted by Crippen LogP contribution is 2.39. The Balaban J connectivity index is 2.24.